The van der Waals surface area contributed by atoms with Crippen molar-refractivity contribution in [1.82, 2.24) is 9.88 Å². The summed E-state index contributed by atoms with van der Waals surface area (Å²) in [6.45, 7) is 1.81. The van der Waals surface area contributed by atoms with Gasteiger partial charge in [-0.1, -0.05) is 48.5 Å². The molecule has 156 valence electrons. The van der Waals surface area contributed by atoms with E-state index in [1.807, 2.05) is 71.4 Å². The van der Waals surface area contributed by atoms with Gasteiger partial charge in [-0.05, 0) is 59.7 Å². The zero-order valence-electron chi connectivity index (χ0n) is 17.3. The summed E-state index contributed by atoms with van der Waals surface area (Å²) in [5.74, 6) is -1.37. The van der Waals surface area contributed by atoms with E-state index in [0.717, 1.165) is 26.9 Å². The number of nitrogens with zero attached hydrogens (tertiary/aromatic N) is 2. The number of nitrogens with one attached hydrogen (secondary N) is 1. The van der Waals surface area contributed by atoms with Gasteiger partial charge in [-0.2, -0.15) is 0 Å². The molecule has 1 aliphatic heterocycles. The zero-order chi connectivity index (χ0) is 22.2. The Hall–Kier alpha value is -4.45. The number of barbiturate groups is 1. The molecule has 4 aromatic rings. The Bertz CT molecular complexity index is 1430. The lowest BCUT2D eigenvalue weighted by atomic mass is 10.1. The molecule has 0 unspecified atom stereocenters. The molecule has 1 N–H and O–H groups in total. The lowest BCUT2D eigenvalue weighted by Crippen LogP contribution is -2.54. The molecule has 1 aliphatic rings. The third kappa shape index (κ3) is 3.28. The first-order chi connectivity index (χ1) is 15.5. The summed E-state index contributed by atoms with van der Waals surface area (Å²) in [6, 6.07) is 24.1. The number of carbonyl (C=O) groups excluding carboxylic acids is 3. The van der Waals surface area contributed by atoms with E-state index >= 15 is 0 Å². The van der Waals surface area contributed by atoms with Gasteiger partial charge >= 0.3 is 6.03 Å². The molecular formula is C26H19N3O3. The largest absolute Gasteiger partial charge is 0.335 e. The van der Waals surface area contributed by atoms with Crippen molar-refractivity contribution >= 4 is 40.4 Å². The number of imide groups is 2. The van der Waals surface area contributed by atoms with Gasteiger partial charge in [0.25, 0.3) is 11.8 Å². The molecule has 5 rings (SSSR count). The van der Waals surface area contributed by atoms with E-state index < -0.39 is 17.8 Å². The highest BCUT2D eigenvalue weighted by Gasteiger charge is 2.37. The monoisotopic (exact) mass is 421 g/mol. The number of fused-ring (bicyclic) bond motifs is 1. The standard InChI is InChI=1S/C26H19N3O3/c1-17-7-2-5-11-23(17)29-25(31)22(24(30)27-26(29)32)16-20-10-6-14-28(20)21-13-12-18-8-3-4-9-19(18)15-21/h2-16H,1H3,(H,27,30,32)/b22-16-. The van der Waals surface area contributed by atoms with Gasteiger partial charge in [0.1, 0.15) is 5.57 Å². The summed E-state index contributed by atoms with van der Waals surface area (Å²) < 4.78 is 1.90. The number of para-hydroxylation sites is 1. The molecule has 32 heavy (non-hydrogen) atoms. The van der Waals surface area contributed by atoms with Crippen molar-refractivity contribution in [2.45, 2.75) is 6.92 Å². The maximum absolute atomic E-state index is 13.2. The highest BCUT2D eigenvalue weighted by atomic mass is 16.2. The molecule has 0 spiro atoms. The highest BCUT2D eigenvalue weighted by Crippen LogP contribution is 2.26. The van der Waals surface area contributed by atoms with E-state index in [1.54, 1.807) is 25.1 Å². The molecule has 0 saturated carbocycles. The van der Waals surface area contributed by atoms with Gasteiger partial charge in [-0.3, -0.25) is 14.9 Å². The molecule has 6 nitrogen and oxygen atoms in total. The molecular weight excluding hydrogens is 402 g/mol. The third-order valence-corrected chi connectivity index (χ3v) is 5.54. The van der Waals surface area contributed by atoms with E-state index in [4.69, 9.17) is 0 Å². The average Bonchev–Trinajstić information content (AvgIpc) is 3.26. The molecule has 1 aromatic heterocycles. The topological polar surface area (TPSA) is 71.4 Å². The fourth-order valence-corrected chi connectivity index (χ4v) is 3.91. The summed E-state index contributed by atoms with van der Waals surface area (Å²) in [5, 5.41) is 4.49. The van der Waals surface area contributed by atoms with Crippen LogP contribution in [0, 0.1) is 6.92 Å². The normalized spacial score (nSPS) is 15.5. The van der Waals surface area contributed by atoms with E-state index in [0.29, 0.717) is 11.4 Å². The second-order valence-electron chi connectivity index (χ2n) is 7.58. The molecule has 6 heteroatoms. The van der Waals surface area contributed by atoms with Crippen LogP contribution < -0.4 is 10.2 Å². The number of amides is 4. The summed E-state index contributed by atoms with van der Waals surface area (Å²) in [4.78, 5) is 39.3. The number of aromatic nitrogens is 1. The van der Waals surface area contributed by atoms with Crippen molar-refractivity contribution < 1.29 is 14.4 Å². The summed E-state index contributed by atoms with van der Waals surface area (Å²) in [6.07, 6.45) is 3.39. The molecule has 0 radical (unpaired) electrons. The Labute approximate surface area is 184 Å². The highest BCUT2D eigenvalue weighted by molar-refractivity contribution is 6.39. The van der Waals surface area contributed by atoms with Gasteiger partial charge < -0.3 is 4.57 Å². The van der Waals surface area contributed by atoms with Gasteiger partial charge in [-0.25, -0.2) is 9.69 Å². The van der Waals surface area contributed by atoms with Gasteiger partial charge in [-0.15, -0.1) is 0 Å². The summed E-state index contributed by atoms with van der Waals surface area (Å²) >= 11 is 0. The number of aryl methyl sites for hydroxylation is 1. The quantitative estimate of drug-likeness (QED) is 0.388. The van der Waals surface area contributed by atoms with Crippen LogP contribution in [0.2, 0.25) is 0 Å². The van der Waals surface area contributed by atoms with Crippen LogP contribution in [0.3, 0.4) is 0 Å². The Morgan fingerprint density at radius 1 is 0.812 bits per heavy atom. The lowest BCUT2D eigenvalue weighted by molar-refractivity contribution is -0.122. The Morgan fingerprint density at radius 2 is 1.56 bits per heavy atom. The zero-order valence-corrected chi connectivity index (χ0v) is 17.3. The van der Waals surface area contributed by atoms with Crippen molar-refractivity contribution in [3.8, 4) is 5.69 Å². The van der Waals surface area contributed by atoms with Crippen molar-refractivity contribution in [3.63, 3.8) is 0 Å². The van der Waals surface area contributed by atoms with Crippen LogP contribution in [-0.2, 0) is 9.59 Å². The second-order valence-corrected chi connectivity index (χ2v) is 7.58. The molecule has 0 bridgehead atoms. The summed E-state index contributed by atoms with van der Waals surface area (Å²) in [5.41, 5.74) is 2.64. The number of rotatable bonds is 3. The number of hydrogen-bond donors (Lipinski definition) is 1. The number of urea groups is 1. The van der Waals surface area contributed by atoms with Crippen molar-refractivity contribution in [2.24, 2.45) is 0 Å². The van der Waals surface area contributed by atoms with Crippen LogP contribution in [0.5, 0.6) is 0 Å². The molecule has 1 saturated heterocycles. The Kier molecular flexibility index (Phi) is 4.67. The number of benzene rings is 3. The minimum absolute atomic E-state index is 0.103. The van der Waals surface area contributed by atoms with E-state index in [2.05, 4.69) is 5.32 Å². The molecule has 2 heterocycles. The Morgan fingerprint density at radius 3 is 2.38 bits per heavy atom. The predicted molar refractivity (Wildman–Crippen MR) is 123 cm³/mol. The van der Waals surface area contributed by atoms with Crippen molar-refractivity contribution in [1.29, 1.82) is 0 Å². The maximum Gasteiger partial charge on any atom is 0.335 e. The number of carbonyl (C=O) groups is 3. The fraction of sp³-hybridized carbons (Fsp3) is 0.0385. The first-order valence-electron chi connectivity index (χ1n) is 10.2. The maximum atomic E-state index is 13.2. The molecule has 3 aromatic carbocycles. The van der Waals surface area contributed by atoms with Gasteiger partial charge in [0.15, 0.2) is 0 Å². The number of anilines is 1. The lowest BCUT2D eigenvalue weighted by Gasteiger charge is -2.27. The van der Waals surface area contributed by atoms with Crippen LogP contribution >= 0.6 is 0 Å². The van der Waals surface area contributed by atoms with Crippen molar-refractivity contribution in [2.75, 3.05) is 4.90 Å². The van der Waals surface area contributed by atoms with E-state index in [9.17, 15) is 14.4 Å². The first-order valence-corrected chi connectivity index (χ1v) is 10.2. The van der Waals surface area contributed by atoms with Gasteiger partial charge in [0.05, 0.1) is 5.69 Å². The molecule has 0 aliphatic carbocycles. The minimum Gasteiger partial charge on any atom is -0.317 e. The summed E-state index contributed by atoms with van der Waals surface area (Å²) in [7, 11) is 0. The van der Waals surface area contributed by atoms with Crippen LogP contribution in [0.4, 0.5) is 10.5 Å². The first kappa shape index (κ1) is 19.5. The van der Waals surface area contributed by atoms with E-state index in [1.165, 1.54) is 6.08 Å². The SMILES string of the molecule is Cc1ccccc1N1C(=O)NC(=O)/C(=C/c2cccn2-c2ccc3ccccc3c2)C1=O. The van der Waals surface area contributed by atoms with Crippen LogP contribution in [0.1, 0.15) is 11.3 Å². The van der Waals surface area contributed by atoms with Gasteiger partial charge in [0.2, 0.25) is 0 Å². The number of hydrogen-bond acceptors (Lipinski definition) is 3. The van der Waals surface area contributed by atoms with Gasteiger partial charge in [0, 0.05) is 17.6 Å². The molecule has 4 amide bonds. The average molecular weight is 421 g/mol. The predicted octanol–water partition coefficient (Wildman–Crippen LogP) is 4.61. The second kappa shape index (κ2) is 7.67. The molecule has 0 atom stereocenters. The van der Waals surface area contributed by atoms with Crippen LogP contribution in [0.25, 0.3) is 22.5 Å². The van der Waals surface area contributed by atoms with Crippen molar-refractivity contribution in [3.05, 3.63) is 102 Å². The van der Waals surface area contributed by atoms with E-state index in [-0.39, 0.29) is 5.57 Å². The third-order valence-electron chi connectivity index (χ3n) is 5.54. The fourth-order valence-electron chi connectivity index (χ4n) is 3.91. The Balaban J connectivity index is 1.57. The molecule has 1 fully saturated rings. The smallest absolute Gasteiger partial charge is 0.317 e. The van der Waals surface area contributed by atoms with Crippen LogP contribution in [0.15, 0.2) is 90.6 Å². The van der Waals surface area contributed by atoms with Crippen LogP contribution in [-0.4, -0.2) is 22.4 Å². The minimum atomic E-state index is -0.753.